The van der Waals surface area contributed by atoms with E-state index in [4.69, 9.17) is 10.5 Å². The Morgan fingerprint density at radius 1 is 1.42 bits per heavy atom. The third-order valence-corrected chi connectivity index (χ3v) is 3.46. The van der Waals surface area contributed by atoms with Crippen molar-refractivity contribution in [1.82, 2.24) is 0 Å². The molecule has 0 heterocycles. The third-order valence-electron chi connectivity index (χ3n) is 3.46. The van der Waals surface area contributed by atoms with Gasteiger partial charge in [-0.05, 0) is 49.0 Å². The number of ether oxygens (including phenoxy) is 1. The summed E-state index contributed by atoms with van der Waals surface area (Å²) in [5.41, 5.74) is 7.85. The summed E-state index contributed by atoms with van der Waals surface area (Å²) in [6, 6.07) is 2.91. The minimum Gasteiger partial charge on any atom is -0.465 e. The molecule has 4 heteroatoms. The first-order chi connectivity index (χ1) is 9.17. The van der Waals surface area contributed by atoms with Crippen molar-refractivity contribution in [2.45, 2.75) is 32.2 Å². The molecule has 0 saturated heterocycles. The van der Waals surface area contributed by atoms with Gasteiger partial charge in [-0.25, -0.2) is 9.18 Å². The maximum absolute atomic E-state index is 14.1. The van der Waals surface area contributed by atoms with Crippen LogP contribution in [0, 0.1) is 5.82 Å². The van der Waals surface area contributed by atoms with Crippen molar-refractivity contribution in [2.75, 3.05) is 7.11 Å². The van der Waals surface area contributed by atoms with Gasteiger partial charge in [0, 0.05) is 12.1 Å². The molecule has 0 radical (unpaired) electrons. The van der Waals surface area contributed by atoms with Gasteiger partial charge >= 0.3 is 5.97 Å². The molecule has 102 valence electrons. The van der Waals surface area contributed by atoms with Gasteiger partial charge in [0.25, 0.3) is 0 Å². The van der Waals surface area contributed by atoms with E-state index >= 15 is 0 Å². The van der Waals surface area contributed by atoms with E-state index in [-0.39, 0.29) is 12.4 Å². The molecule has 1 aliphatic rings. The van der Waals surface area contributed by atoms with Crippen molar-refractivity contribution in [3.8, 4) is 0 Å². The SMILES string of the molecule is COC(=O)c1cc(C2=CCCCC2)c(F)cc1CN. The summed E-state index contributed by atoms with van der Waals surface area (Å²) in [4.78, 5) is 11.7. The van der Waals surface area contributed by atoms with Crippen LogP contribution in [0.5, 0.6) is 0 Å². The molecule has 0 fully saturated rings. The van der Waals surface area contributed by atoms with E-state index in [0.717, 1.165) is 31.3 Å². The van der Waals surface area contributed by atoms with E-state index < -0.39 is 5.97 Å². The number of carbonyl (C=O) groups is 1. The van der Waals surface area contributed by atoms with Gasteiger partial charge in [-0.2, -0.15) is 0 Å². The summed E-state index contributed by atoms with van der Waals surface area (Å²) in [7, 11) is 1.31. The van der Waals surface area contributed by atoms with Gasteiger partial charge in [0.05, 0.1) is 12.7 Å². The lowest BCUT2D eigenvalue weighted by molar-refractivity contribution is 0.0599. The zero-order valence-electron chi connectivity index (χ0n) is 11.0. The fourth-order valence-electron chi connectivity index (χ4n) is 2.41. The van der Waals surface area contributed by atoms with Crippen LogP contribution in [0.4, 0.5) is 4.39 Å². The molecule has 0 saturated carbocycles. The number of nitrogens with two attached hydrogens (primary N) is 1. The maximum Gasteiger partial charge on any atom is 0.338 e. The van der Waals surface area contributed by atoms with E-state index in [1.165, 1.54) is 13.2 Å². The van der Waals surface area contributed by atoms with Crippen molar-refractivity contribution >= 4 is 11.5 Å². The Labute approximate surface area is 112 Å². The van der Waals surface area contributed by atoms with Crippen LogP contribution in [-0.4, -0.2) is 13.1 Å². The Morgan fingerprint density at radius 3 is 2.79 bits per heavy atom. The van der Waals surface area contributed by atoms with E-state index in [1.54, 1.807) is 6.07 Å². The van der Waals surface area contributed by atoms with Gasteiger partial charge in [-0.3, -0.25) is 0 Å². The molecule has 1 aromatic carbocycles. The molecule has 0 bridgehead atoms. The molecule has 0 aromatic heterocycles. The highest BCUT2D eigenvalue weighted by Crippen LogP contribution is 2.30. The molecule has 19 heavy (non-hydrogen) atoms. The highest BCUT2D eigenvalue weighted by atomic mass is 19.1. The number of esters is 1. The average Bonchev–Trinajstić information content (AvgIpc) is 2.47. The fourth-order valence-corrected chi connectivity index (χ4v) is 2.41. The number of hydrogen-bond acceptors (Lipinski definition) is 3. The van der Waals surface area contributed by atoms with Gasteiger partial charge in [-0.1, -0.05) is 6.08 Å². The van der Waals surface area contributed by atoms with E-state index in [1.807, 2.05) is 6.08 Å². The van der Waals surface area contributed by atoms with Crippen LogP contribution in [0.1, 0.15) is 47.2 Å². The molecule has 2 N–H and O–H groups in total. The first-order valence-corrected chi connectivity index (χ1v) is 6.47. The minimum atomic E-state index is -0.474. The lowest BCUT2D eigenvalue weighted by atomic mass is 9.91. The minimum absolute atomic E-state index is 0.112. The molecule has 0 spiro atoms. The number of halogens is 1. The smallest absolute Gasteiger partial charge is 0.338 e. The quantitative estimate of drug-likeness (QED) is 0.853. The molecule has 0 atom stereocenters. The summed E-state index contributed by atoms with van der Waals surface area (Å²) >= 11 is 0. The van der Waals surface area contributed by atoms with Crippen LogP contribution in [0.25, 0.3) is 5.57 Å². The summed E-state index contributed by atoms with van der Waals surface area (Å²) < 4.78 is 18.8. The highest BCUT2D eigenvalue weighted by molar-refractivity contribution is 5.92. The Morgan fingerprint density at radius 2 is 2.21 bits per heavy atom. The van der Waals surface area contributed by atoms with Crippen molar-refractivity contribution in [3.63, 3.8) is 0 Å². The number of carbonyl (C=O) groups excluding carboxylic acids is 1. The van der Waals surface area contributed by atoms with Gasteiger partial charge < -0.3 is 10.5 Å². The van der Waals surface area contributed by atoms with Crippen molar-refractivity contribution in [3.05, 3.63) is 40.7 Å². The highest BCUT2D eigenvalue weighted by Gasteiger charge is 2.18. The van der Waals surface area contributed by atoms with Crippen molar-refractivity contribution < 1.29 is 13.9 Å². The summed E-state index contributed by atoms with van der Waals surface area (Å²) in [5, 5.41) is 0. The van der Waals surface area contributed by atoms with Crippen LogP contribution in [0.2, 0.25) is 0 Å². The molecular formula is C15H18FNO2. The second-order valence-corrected chi connectivity index (χ2v) is 4.66. The fraction of sp³-hybridized carbons (Fsp3) is 0.400. The normalized spacial score (nSPS) is 15.0. The topological polar surface area (TPSA) is 52.3 Å². The average molecular weight is 263 g/mol. The van der Waals surface area contributed by atoms with E-state index in [2.05, 4.69) is 0 Å². The molecule has 0 amide bonds. The zero-order chi connectivity index (χ0) is 13.8. The predicted molar refractivity (Wildman–Crippen MR) is 72.1 cm³/mol. The van der Waals surface area contributed by atoms with Crippen LogP contribution < -0.4 is 5.73 Å². The number of benzene rings is 1. The lowest BCUT2D eigenvalue weighted by Crippen LogP contribution is -2.11. The molecule has 0 unspecified atom stereocenters. The van der Waals surface area contributed by atoms with Crippen LogP contribution in [0.15, 0.2) is 18.2 Å². The van der Waals surface area contributed by atoms with Crippen LogP contribution >= 0.6 is 0 Å². The van der Waals surface area contributed by atoms with Crippen LogP contribution in [-0.2, 0) is 11.3 Å². The number of methoxy groups -OCH3 is 1. The Balaban J connectivity index is 2.49. The van der Waals surface area contributed by atoms with Gasteiger partial charge in [0.1, 0.15) is 5.82 Å². The first kappa shape index (κ1) is 13.7. The van der Waals surface area contributed by atoms with Gasteiger partial charge in [0.15, 0.2) is 0 Å². The number of hydrogen-bond donors (Lipinski definition) is 1. The van der Waals surface area contributed by atoms with Crippen molar-refractivity contribution in [1.29, 1.82) is 0 Å². The molecule has 2 rings (SSSR count). The second kappa shape index (κ2) is 5.97. The first-order valence-electron chi connectivity index (χ1n) is 6.47. The number of rotatable bonds is 3. The molecule has 3 nitrogen and oxygen atoms in total. The van der Waals surface area contributed by atoms with Gasteiger partial charge in [0.2, 0.25) is 0 Å². The Kier molecular flexibility index (Phi) is 4.32. The lowest BCUT2D eigenvalue weighted by Gasteiger charge is -2.16. The summed E-state index contributed by atoms with van der Waals surface area (Å²) in [5.74, 6) is -0.792. The van der Waals surface area contributed by atoms with Crippen LogP contribution in [0.3, 0.4) is 0 Å². The maximum atomic E-state index is 14.1. The predicted octanol–water partition coefficient (Wildman–Crippen LogP) is 3.03. The third kappa shape index (κ3) is 2.84. The summed E-state index contributed by atoms with van der Waals surface area (Å²) in [6.07, 6.45) is 6.04. The molecular weight excluding hydrogens is 245 g/mol. The monoisotopic (exact) mass is 263 g/mol. The van der Waals surface area contributed by atoms with E-state index in [9.17, 15) is 9.18 Å². The zero-order valence-corrected chi connectivity index (χ0v) is 11.0. The Bertz CT molecular complexity index is 523. The largest absolute Gasteiger partial charge is 0.465 e. The second-order valence-electron chi connectivity index (χ2n) is 4.66. The van der Waals surface area contributed by atoms with Crippen molar-refractivity contribution in [2.24, 2.45) is 5.73 Å². The summed E-state index contributed by atoms with van der Waals surface area (Å²) in [6.45, 7) is 0.112. The standard InChI is InChI=1S/C15H18FNO2/c1-19-15(18)13-8-12(10-5-3-2-4-6-10)14(16)7-11(13)9-17/h5,7-8H,2-4,6,9,17H2,1H3. The molecule has 1 aliphatic carbocycles. The van der Waals surface area contributed by atoms with Gasteiger partial charge in [-0.15, -0.1) is 0 Å². The number of allylic oxidation sites excluding steroid dienone is 2. The molecule has 1 aromatic rings. The van der Waals surface area contributed by atoms with E-state index in [0.29, 0.717) is 16.7 Å². The Hall–Kier alpha value is -1.68. The molecule has 0 aliphatic heterocycles.